The third kappa shape index (κ3) is 27.3. The number of amides is 3. The van der Waals surface area contributed by atoms with Gasteiger partial charge in [0.05, 0.1) is 59.5 Å². The average molecular weight is 1190 g/mol. The first kappa shape index (κ1) is 71.6. The third-order valence-corrected chi connectivity index (χ3v) is 18.1. The molecule has 468 valence electrons. The van der Waals surface area contributed by atoms with Crippen LogP contribution in [-0.4, -0.2) is 216 Å². The quantitative estimate of drug-likeness (QED) is 0.0399. The maximum absolute atomic E-state index is 17.1. The lowest BCUT2D eigenvalue weighted by molar-refractivity contribution is -0.158. The number of aromatic nitrogens is 1. The van der Waals surface area contributed by atoms with Gasteiger partial charge in [-0.25, -0.2) is 4.98 Å². The summed E-state index contributed by atoms with van der Waals surface area (Å²) in [6, 6.07) is 9.16. The average Bonchev–Trinajstić information content (AvgIpc) is 1.47. The van der Waals surface area contributed by atoms with Gasteiger partial charge in [0.15, 0.2) is 0 Å². The maximum Gasteiger partial charge on any atom is 0.320 e. The van der Waals surface area contributed by atoms with Gasteiger partial charge in [-0.15, -0.1) is 0 Å². The van der Waals surface area contributed by atoms with E-state index in [-0.39, 0.29) is 97.8 Å². The Kier molecular flexibility index (Phi) is 28.1. The number of carbonyl (C=O) groups excluding carboxylic acids is 7. The summed E-state index contributed by atoms with van der Waals surface area (Å²) in [7, 11) is -2.26. The van der Waals surface area contributed by atoms with Gasteiger partial charge in [-0.2, -0.15) is 0 Å². The molecule has 0 aliphatic carbocycles. The number of anilines is 1. The lowest BCUT2D eigenvalue weighted by Crippen LogP contribution is -2.58. The molecule has 1 saturated heterocycles. The third-order valence-electron chi connectivity index (χ3n) is 12.8. The first-order chi connectivity index (χ1) is 38.5. The van der Waals surface area contributed by atoms with Crippen molar-refractivity contribution < 1.29 is 70.8 Å². The van der Waals surface area contributed by atoms with E-state index in [0.29, 0.717) is 37.1 Å². The monoisotopic (exact) mass is 1190 g/mol. The molecule has 3 N–H and O–H groups in total. The largest absolute Gasteiger partial charge is 0.497 e. The van der Waals surface area contributed by atoms with Crippen molar-refractivity contribution in [1.82, 2.24) is 35.2 Å². The molecule has 0 radical (unpaired) electrons. The number of ether oxygens (including phenoxy) is 7. The number of esters is 4. The first-order valence-corrected chi connectivity index (χ1v) is 30.3. The molecule has 1 aromatic carbocycles. The molecular weight excluding hydrogens is 1090 g/mol. The van der Waals surface area contributed by atoms with E-state index in [1.807, 2.05) is 67.2 Å². The van der Waals surface area contributed by atoms with Gasteiger partial charge < -0.3 is 53.2 Å². The van der Waals surface area contributed by atoms with Gasteiger partial charge in [-0.3, -0.25) is 53.2 Å². The highest BCUT2D eigenvalue weighted by Crippen LogP contribution is 2.52. The van der Waals surface area contributed by atoms with E-state index in [2.05, 4.69) is 20.9 Å². The fraction of sp³-hybridized carbons (Fsp3) is 0.695. The second kappa shape index (κ2) is 32.6. The van der Waals surface area contributed by atoms with E-state index < -0.39 is 89.3 Å². The maximum atomic E-state index is 17.1. The van der Waals surface area contributed by atoms with Crippen LogP contribution in [0, 0.1) is 0 Å². The second-order valence-corrected chi connectivity index (χ2v) is 30.6. The van der Waals surface area contributed by atoms with Crippen molar-refractivity contribution in [1.29, 1.82) is 0 Å². The van der Waals surface area contributed by atoms with Gasteiger partial charge in [-0.1, -0.05) is 71.9 Å². The second-order valence-electron chi connectivity index (χ2n) is 25.8. The Morgan fingerprint density at radius 3 is 1.48 bits per heavy atom. The molecule has 1 aliphatic rings. The van der Waals surface area contributed by atoms with Gasteiger partial charge >= 0.3 is 23.9 Å². The summed E-state index contributed by atoms with van der Waals surface area (Å²) in [6.07, 6.45) is 0.954. The summed E-state index contributed by atoms with van der Waals surface area (Å²) < 4.78 is 56.3. The Morgan fingerprint density at radius 1 is 0.602 bits per heavy atom. The van der Waals surface area contributed by atoms with Crippen LogP contribution in [0.3, 0.4) is 0 Å². The fourth-order valence-electron chi connectivity index (χ4n) is 9.30. The Labute approximate surface area is 493 Å². The van der Waals surface area contributed by atoms with Crippen LogP contribution in [0.15, 0.2) is 42.6 Å². The summed E-state index contributed by atoms with van der Waals surface area (Å²) in [5.74, 6) is -3.32. The summed E-state index contributed by atoms with van der Waals surface area (Å²) in [5.41, 5.74) is -1.47. The van der Waals surface area contributed by atoms with Gasteiger partial charge in [0.1, 0.15) is 47.6 Å². The standard InChI is InChI=1S/C59H97FN8O14Si/c1-55(2,3)80-51(72)38-66-25-23-65(24-26-67(39-52(73)81-56(4,5)6)28-30-68(29-27-66)40-53(74)82-57(7,8)9)37-48(69)63-44(34-50(71)79-41-43-20-18-17-19-21-43)54(75)61-22-31-77-32-33-78-42-49(70)64-47-35-45(76-16)46(36-62-47)83(60,58(10,11)12)59(13,14)15/h17-21,35-36,44H,22-34,37-42H2,1-16H3,(H,61,75)(H,63,69)(H,62,64,70). The molecule has 1 aliphatic heterocycles. The molecule has 24 heteroatoms. The summed E-state index contributed by atoms with van der Waals surface area (Å²) >= 11 is 0. The van der Waals surface area contributed by atoms with Crippen molar-refractivity contribution in [3.05, 3.63) is 48.2 Å². The topological polar surface area (TPSA) is 246 Å². The van der Waals surface area contributed by atoms with Crippen LogP contribution in [0.5, 0.6) is 5.75 Å². The van der Waals surface area contributed by atoms with Crippen LogP contribution in [-0.2, 0) is 68.6 Å². The normalized spacial score (nSPS) is 15.6. The molecule has 3 rings (SSSR count). The molecular formula is C59H97FN8O14Si. The Balaban J connectivity index is 1.71. The lowest BCUT2D eigenvalue weighted by atomic mass is 10.2. The molecule has 1 atom stereocenters. The van der Waals surface area contributed by atoms with Gasteiger partial charge in [0, 0.05) is 76.4 Å². The number of rotatable bonds is 25. The van der Waals surface area contributed by atoms with Crippen LogP contribution < -0.4 is 25.9 Å². The van der Waals surface area contributed by atoms with Crippen molar-refractivity contribution in [2.24, 2.45) is 0 Å². The van der Waals surface area contributed by atoms with Crippen molar-refractivity contribution in [2.45, 2.75) is 150 Å². The van der Waals surface area contributed by atoms with E-state index in [0.717, 1.165) is 5.56 Å². The number of pyridine rings is 1. The molecule has 2 aromatic rings. The van der Waals surface area contributed by atoms with Crippen molar-refractivity contribution in [3.63, 3.8) is 0 Å². The minimum absolute atomic E-state index is 0.00993. The summed E-state index contributed by atoms with van der Waals surface area (Å²) in [5, 5.41) is 7.19. The highest BCUT2D eigenvalue weighted by Gasteiger charge is 2.58. The van der Waals surface area contributed by atoms with Gasteiger partial charge in [0.25, 0.3) is 14.3 Å². The van der Waals surface area contributed by atoms with E-state index in [1.165, 1.54) is 19.4 Å². The summed E-state index contributed by atoms with van der Waals surface area (Å²) in [4.78, 5) is 105. The van der Waals surface area contributed by atoms with Crippen molar-refractivity contribution in [3.8, 4) is 5.75 Å². The predicted octanol–water partition coefficient (Wildman–Crippen LogP) is 4.77. The van der Waals surface area contributed by atoms with Crippen LogP contribution in [0.25, 0.3) is 0 Å². The zero-order valence-electron chi connectivity index (χ0n) is 52.4. The molecule has 0 spiro atoms. The number of hydrogen-bond acceptors (Lipinski definition) is 19. The first-order valence-electron chi connectivity index (χ1n) is 28.5. The van der Waals surface area contributed by atoms with Crippen molar-refractivity contribution in [2.75, 3.05) is 124 Å². The van der Waals surface area contributed by atoms with E-state index in [4.69, 9.17) is 33.2 Å². The number of hydrogen-bond donors (Lipinski definition) is 3. The predicted molar refractivity (Wildman–Crippen MR) is 316 cm³/mol. The molecule has 1 aromatic heterocycles. The van der Waals surface area contributed by atoms with Gasteiger partial charge in [0.2, 0.25) is 11.8 Å². The number of nitrogens with one attached hydrogen (secondary N) is 3. The van der Waals surface area contributed by atoms with Crippen LogP contribution in [0.2, 0.25) is 10.1 Å². The van der Waals surface area contributed by atoms with Crippen molar-refractivity contribution >= 4 is 61.0 Å². The number of methoxy groups -OCH3 is 1. The van der Waals surface area contributed by atoms with Gasteiger partial charge in [-0.05, 0) is 78.0 Å². The molecule has 22 nitrogen and oxygen atoms in total. The smallest absolute Gasteiger partial charge is 0.320 e. The fourth-order valence-corrected chi connectivity index (χ4v) is 13.9. The number of nitrogens with zero attached hydrogens (tertiary/aromatic N) is 5. The zero-order chi connectivity index (χ0) is 62.4. The number of benzene rings is 1. The van der Waals surface area contributed by atoms with Crippen LogP contribution in [0.1, 0.15) is 116 Å². The Morgan fingerprint density at radius 2 is 1.05 bits per heavy atom. The minimum atomic E-state index is -3.71. The van der Waals surface area contributed by atoms with E-state index in [9.17, 15) is 33.6 Å². The zero-order valence-corrected chi connectivity index (χ0v) is 53.4. The molecule has 3 amide bonds. The van der Waals surface area contributed by atoms with E-state index >= 15 is 4.11 Å². The Bertz CT molecular complexity index is 2360. The van der Waals surface area contributed by atoms with Crippen LogP contribution >= 0.6 is 0 Å². The molecule has 0 saturated carbocycles. The minimum Gasteiger partial charge on any atom is -0.497 e. The molecule has 2 heterocycles. The number of carbonyl (C=O) groups is 7. The number of halogens is 1. The molecule has 1 unspecified atom stereocenters. The SMILES string of the molecule is COc1cc(NC(=O)COCCOCCNC(=O)C(CC(=O)OCc2ccccc2)NC(=O)CN2CCN(CC(=O)OC(C)(C)C)CCN(CC(=O)OC(C)(C)C)CCN(CC(=O)OC(C)(C)C)CC2)ncc1[Si](F)(C(C)(C)C)C(C)(C)C. The lowest BCUT2D eigenvalue weighted by Gasteiger charge is -2.45. The molecule has 83 heavy (non-hydrogen) atoms. The Hall–Kier alpha value is -5.63. The molecule has 0 bridgehead atoms. The van der Waals surface area contributed by atoms with E-state index in [1.54, 1.807) is 86.6 Å². The summed E-state index contributed by atoms with van der Waals surface area (Å²) in [6.45, 7) is 29.0. The highest BCUT2D eigenvalue weighted by molar-refractivity contribution is 6.91. The van der Waals surface area contributed by atoms with Crippen LogP contribution in [0.4, 0.5) is 9.93 Å². The highest BCUT2D eigenvalue weighted by atomic mass is 28.4. The molecule has 1 fully saturated rings.